The third-order valence-corrected chi connectivity index (χ3v) is 3.48. The molecular weight excluding hydrogens is 325 g/mol. The van der Waals surface area contributed by atoms with Gasteiger partial charge in [0, 0.05) is 18.1 Å². The van der Waals surface area contributed by atoms with Crippen molar-refractivity contribution in [1.82, 2.24) is 4.98 Å². The zero-order chi connectivity index (χ0) is 19.5. The Morgan fingerprint density at radius 2 is 1.60 bits per heavy atom. The van der Waals surface area contributed by atoms with Gasteiger partial charge in [-0.3, -0.25) is 9.98 Å². The summed E-state index contributed by atoms with van der Waals surface area (Å²) in [7, 11) is 0. The van der Waals surface area contributed by atoms with Crippen LogP contribution in [0.2, 0.25) is 0 Å². The van der Waals surface area contributed by atoms with Crippen molar-refractivity contribution in [1.29, 1.82) is 0 Å². The first kappa shape index (κ1) is 23.4. The van der Waals surface area contributed by atoms with Crippen LogP contribution in [0.25, 0.3) is 0 Å². The molecule has 2 aliphatic rings. The average molecular weight is 356 g/mol. The van der Waals surface area contributed by atoms with E-state index in [9.17, 15) is 13.2 Å². The first-order valence-corrected chi connectivity index (χ1v) is 9.08. The Kier molecular flexibility index (Phi) is 11.0. The molecule has 1 aromatic heterocycles. The average Bonchev–Trinajstić information content (AvgIpc) is 3.44. The lowest BCUT2D eigenvalue weighted by molar-refractivity contribution is -0.141. The van der Waals surface area contributed by atoms with Crippen molar-refractivity contribution in [2.75, 3.05) is 0 Å². The van der Waals surface area contributed by atoms with Gasteiger partial charge in [0.15, 0.2) is 0 Å². The first-order valence-electron chi connectivity index (χ1n) is 9.08. The summed E-state index contributed by atoms with van der Waals surface area (Å²) in [6, 6.07) is 2.54. The second kappa shape index (κ2) is 11.8. The molecule has 0 amide bonds. The zero-order valence-corrected chi connectivity index (χ0v) is 16.2. The Labute approximate surface area is 150 Å². The van der Waals surface area contributed by atoms with Crippen molar-refractivity contribution in [3.05, 3.63) is 41.4 Å². The molecule has 0 N–H and O–H groups in total. The van der Waals surface area contributed by atoms with Gasteiger partial charge >= 0.3 is 6.18 Å². The van der Waals surface area contributed by atoms with Gasteiger partial charge in [-0.1, -0.05) is 33.3 Å². The summed E-state index contributed by atoms with van der Waals surface area (Å²) in [5.41, 5.74) is 2.62. The minimum absolute atomic E-state index is 0.562. The molecule has 142 valence electrons. The number of aliphatic imine (C=N–C) groups is 1. The van der Waals surface area contributed by atoms with E-state index in [2.05, 4.69) is 16.9 Å². The zero-order valence-electron chi connectivity index (χ0n) is 16.2. The molecule has 3 rings (SSSR count). The molecular formula is C20H31F3N2. The van der Waals surface area contributed by atoms with E-state index in [0.717, 1.165) is 18.2 Å². The fourth-order valence-electron chi connectivity index (χ4n) is 2.06. The Morgan fingerprint density at radius 3 is 1.96 bits per heavy atom. The molecule has 25 heavy (non-hydrogen) atoms. The van der Waals surface area contributed by atoms with Gasteiger partial charge in [-0.15, -0.1) is 0 Å². The number of hydrogen-bond donors (Lipinski definition) is 0. The number of rotatable bonds is 1. The second-order valence-electron chi connectivity index (χ2n) is 5.59. The molecule has 0 radical (unpaired) electrons. The van der Waals surface area contributed by atoms with Gasteiger partial charge in [-0.2, -0.15) is 13.2 Å². The van der Waals surface area contributed by atoms with Crippen LogP contribution >= 0.6 is 0 Å². The number of hydrogen-bond acceptors (Lipinski definition) is 2. The largest absolute Gasteiger partial charge is 0.433 e. The van der Waals surface area contributed by atoms with E-state index in [-0.39, 0.29) is 0 Å². The fraction of sp³-hybridized carbons (Fsp3) is 0.600. The maximum absolute atomic E-state index is 11.9. The summed E-state index contributed by atoms with van der Waals surface area (Å²) in [5, 5.41) is 0. The van der Waals surface area contributed by atoms with Crippen LogP contribution in [0.3, 0.4) is 0 Å². The van der Waals surface area contributed by atoms with Crippen LogP contribution in [0.15, 0.2) is 35.1 Å². The topological polar surface area (TPSA) is 25.2 Å². The lowest BCUT2D eigenvalue weighted by atomic mass is 10.0. The van der Waals surface area contributed by atoms with Crippen LogP contribution in [0.5, 0.6) is 0 Å². The minimum Gasteiger partial charge on any atom is -0.265 e. The molecule has 1 fully saturated rings. The van der Waals surface area contributed by atoms with Crippen LogP contribution in [0.1, 0.15) is 71.6 Å². The van der Waals surface area contributed by atoms with Crippen LogP contribution in [-0.4, -0.2) is 10.7 Å². The monoisotopic (exact) mass is 356 g/mol. The highest BCUT2D eigenvalue weighted by Crippen LogP contribution is 2.34. The summed E-state index contributed by atoms with van der Waals surface area (Å²) in [6.45, 7) is 11.8. The molecule has 0 aromatic carbocycles. The number of nitrogens with zero attached hydrogens (tertiary/aromatic N) is 2. The molecule has 0 unspecified atom stereocenters. The van der Waals surface area contributed by atoms with E-state index in [1.807, 2.05) is 33.9 Å². The number of halogens is 3. The molecule has 1 aliphatic heterocycles. The highest BCUT2D eigenvalue weighted by Gasteiger charge is 2.32. The minimum atomic E-state index is -4.33. The third kappa shape index (κ3) is 9.42. The van der Waals surface area contributed by atoms with Crippen molar-refractivity contribution >= 4 is 5.71 Å². The number of aryl methyl sites for hydroxylation is 1. The van der Waals surface area contributed by atoms with Crippen LogP contribution < -0.4 is 0 Å². The van der Waals surface area contributed by atoms with Gasteiger partial charge in [0.05, 0.1) is 0 Å². The number of allylic oxidation sites excluding steroid dienone is 1. The molecule has 0 bridgehead atoms. The van der Waals surface area contributed by atoms with Crippen molar-refractivity contribution < 1.29 is 13.2 Å². The third-order valence-electron chi connectivity index (χ3n) is 3.48. The molecule has 2 heterocycles. The lowest BCUT2D eigenvalue weighted by Crippen LogP contribution is -2.07. The molecule has 1 aromatic rings. The molecule has 0 saturated heterocycles. The van der Waals surface area contributed by atoms with E-state index in [0.29, 0.717) is 5.56 Å². The molecule has 1 saturated carbocycles. The standard InChI is InChI=1S/C9H13N.C7H6F3N.2C2H6/c1-7-2-5-9(10-6-7)8-3-4-8;1-5-2-3-11-6(4-5)7(8,9)10;2*1-2/h6,8H,2-5H2,1H3;2-4H,1H3;2*1-2H3. The van der Waals surface area contributed by atoms with Crippen molar-refractivity contribution in [3.8, 4) is 0 Å². The van der Waals surface area contributed by atoms with Gasteiger partial charge in [-0.05, 0) is 63.1 Å². The summed E-state index contributed by atoms with van der Waals surface area (Å²) in [6.07, 6.45) is 4.13. The van der Waals surface area contributed by atoms with Gasteiger partial charge in [0.25, 0.3) is 0 Å². The summed E-state index contributed by atoms with van der Waals surface area (Å²) in [4.78, 5) is 7.61. The van der Waals surface area contributed by atoms with Gasteiger partial charge in [0.2, 0.25) is 0 Å². The molecule has 2 nitrogen and oxygen atoms in total. The quantitative estimate of drug-likeness (QED) is 0.532. The van der Waals surface area contributed by atoms with E-state index < -0.39 is 11.9 Å². The maximum Gasteiger partial charge on any atom is 0.433 e. The molecule has 1 aliphatic carbocycles. The van der Waals surface area contributed by atoms with E-state index >= 15 is 0 Å². The fourth-order valence-corrected chi connectivity index (χ4v) is 2.06. The Bertz CT molecular complexity index is 556. The van der Waals surface area contributed by atoms with Crippen LogP contribution in [0.4, 0.5) is 13.2 Å². The van der Waals surface area contributed by atoms with Crippen LogP contribution in [0, 0.1) is 12.8 Å². The summed E-state index contributed by atoms with van der Waals surface area (Å²) in [5.74, 6) is 0.879. The van der Waals surface area contributed by atoms with Crippen LogP contribution in [-0.2, 0) is 6.18 Å². The predicted octanol–water partition coefficient (Wildman–Crippen LogP) is 7.00. The van der Waals surface area contributed by atoms with E-state index in [1.54, 1.807) is 6.92 Å². The van der Waals surface area contributed by atoms with Gasteiger partial charge in [0.1, 0.15) is 5.69 Å². The van der Waals surface area contributed by atoms with E-state index in [1.165, 1.54) is 43.0 Å². The number of alkyl halides is 3. The van der Waals surface area contributed by atoms with Crippen molar-refractivity contribution in [2.45, 2.75) is 73.4 Å². The van der Waals surface area contributed by atoms with Gasteiger partial charge in [-0.25, -0.2) is 0 Å². The van der Waals surface area contributed by atoms with Crippen molar-refractivity contribution in [3.63, 3.8) is 0 Å². The second-order valence-corrected chi connectivity index (χ2v) is 5.59. The number of aromatic nitrogens is 1. The maximum atomic E-state index is 11.9. The smallest absolute Gasteiger partial charge is 0.265 e. The summed E-state index contributed by atoms with van der Waals surface area (Å²) >= 11 is 0. The summed E-state index contributed by atoms with van der Waals surface area (Å²) < 4.78 is 35.7. The SMILES string of the molecule is CC.CC.CC1=CN=C(C2CC2)CC1.Cc1ccnc(C(F)(F)F)c1. The highest BCUT2D eigenvalue weighted by molar-refractivity contribution is 5.90. The normalized spacial score (nSPS) is 15.9. The molecule has 0 atom stereocenters. The van der Waals surface area contributed by atoms with E-state index in [4.69, 9.17) is 0 Å². The Morgan fingerprint density at radius 1 is 1.00 bits per heavy atom. The van der Waals surface area contributed by atoms with Gasteiger partial charge < -0.3 is 0 Å². The predicted molar refractivity (Wildman–Crippen MR) is 99.8 cm³/mol. The highest BCUT2D eigenvalue weighted by atomic mass is 19.4. The van der Waals surface area contributed by atoms with Crippen molar-refractivity contribution in [2.24, 2.45) is 10.9 Å². The molecule has 5 heteroatoms. The molecule has 0 spiro atoms. The Balaban J connectivity index is 0.000000385. The first-order chi connectivity index (χ1) is 11.9. The lowest BCUT2D eigenvalue weighted by Gasteiger charge is -2.08. The Hall–Kier alpha value is -1.65. The number of pyridine rings is 1.